The summed E-state index contributed by atoms with van der Waals surface area (Å²) in [7, 11) is 0. The van der Waals surface area contributed by atoms with Crippen molar-refractivity contribution < 1.29 is 14.3 Å². The number of guanidine groups is 1. The SMILES string of the molecule is CCNC(=NCC(=O)Nc1ccc(O)cc1)NCCCSc1ccc(F)cc1.I. The minimum absolute atomic E-state index is 0. The molecule has 1 amide bonds. The van der Waals surface area contributed by atoms with Crippen molar-refractivity contribution in [2.75, 3.05) is 30.7 Å². The lowest BCUT2D eigenvalue weighted by Crippen LogP contribution is -2.38. The molecule has 0 heterocycles. The number of carbonyl (C=O) groups is 1. The van der Waals surface area contributed by atoms with Gasteiger partial charge in [-0.2, -0.15) is 0 Å². The van der Waals surface area contributed by atoms with Crippen molar-refractivity contribution in [3.8, 4) is 5.75 Å². The van der Waals surface area contributed by atoms with Gasteiger partial charge in [0.1, 0.15) is 18.1 Å². The molecule has 158 valence electrons. The van der Waals surface area contributed by atoms with Crippen LogP contribution in [0, 0.1) is 5.82 Å². The highest BCUT2D eigenvalue weighted by molar-refractivity contribution is 14.0. The number of hydrogen-bond acceptors (Lipinski definition) is 4. The normalized spacial score (nSPS) is 10.8. The van der Waals surface area contributed by atoms with Gasteiger partial charge in [-0.3, -0.25) is 4.79 Å². The molecule has 2 aromatic rings. The Hall–Kier alpha value is -2.01. The largest absolute Gasteiger partial charge is 0.508 e. The van der Waals surface area contributed by atoms with Gasteiger partial charge in [0.15, 0.2) is 5.96 Å². The molecular formula is C20H26FIN4O2S. The van der Waals surface area contributed by atoms with Crippen LogP contribution in [-0.2, 0) is 4.79 Å². The van der Waals surface area contributed by atoms with E-state index in [1.807, 2.05) is 6.92 Å². The summed E-state index contributed by atoms with van der Waals surface area (Å²) >= 11 is 1.67. The van der Waals surface area contributed by atoms with Gasteiger partial charge < -0.3 is 21.1 Å². The van der Waals surface area contributed by atoms with Crippen LogP contribution in [0.4, 0.5) is 10.1 Å². The van der Waals surface area contributed by atoms with E-state index in [1.54, 1.807) is 36.0 Å². The number of benzene rings is 2. The number of hydrogen-bond donors (Lipinski definition) is 4. The highest BCUT2D eigenvalue weighted by atomic mass is 127. The second kappa shape index (κ2) is 14.0. The topological polar surface area (TPSA) is 85.8 Å². The number of phenolic OH excluding ortho intramolecular Hbond substituents is 1. The van der Waals surface area contributed by atoms with Gasteiger partial charge in [-0.05, 0) is 67.6 Å². The molecule has 0 saturated heterocycles. The number of thioether (sulfide) groups is 1. The van der Waals surface area contributed by atoms with Crippen molar-refractivity contribution in [2.45, 2.75) is 18.2 Å². The molecule has 2 aromatic carbocycles. The molecule has 29 heavy (non-hydrogen) atoms. The number of aliphatic imine (C=N–C) groups is 1. The van der Waals surface area contributed by atoms with Gasteiger partial charge in [0.25, 0.3) is 0 Å². The number of nitrogens with one attached hydrogen (secondary N) is 3. The van der Waals surface area contributed by atoms with Crippen molar-refractivity contribution in [3.63, 3.8) is 0 Å². The quantitative estimate of drug-likeness (QED) is 0.0986. The Labute approximate surface area is 191 Å². The van der Waals surface area contributed by atoms with E-state index in [1.165, 1.54) is 24.3 Å². The number of anilines is 1. The summed E-state index contributed by atoms with van der Waals surface area (Å²) in [5, 5.41) is 18.3. The number of rotatable bonds is 9. The van der Waals surface area contributed by atoms with Crippen LogP contribution in [-0.4, -0.2) is 42.4 Å². The summed E-state index contributed by atoms with van der Waals surface area (Å²) in [5.41, 5.74) is 0.605. The van der Waals surface area contributed by atoms with Crippen molar-refractivity contribution in [3.05, 3.63) is 54.3 Å². The van der Waals surface area contributed by atoms with E-state index in [-0.39, 0.29) is 48.0 Å². The summed E-state index contributed by atoms with van der Waals surface area (Å²) in [5.74, 6) is 1.14. The maximum absolute atomic E-state index is 12.9. The Balaban J connectivity index is 0.00000420. The van der Waals surface area contributed by atoms with Gasteiger partial charge in [-0.1, -0.05) is 0 Å². The van der Waals surface area contributed by atoms with E-state index in [2.05, 4.69) is 20.9 Å². The van der Waals surface area contributed by atoms with E-state index in [0.29, 0.717) is 24.7 Å². The van der Waals surface area contributed by atoms with Crippen LogP contribution in [0.1, 0.15) is 13.3 Å². The highest BCUT2D eigenvalue weighted by Crippen LogP contribution is 2.18. The Morgan fingerprint density at radius 3 is 2.45 bits per heavy atom. The van der Waals surface area contributed by atoms with Gasteiger partial charge in [0.2, 0.25) is 5.91 Å². The number of aromatic hydroxyl groups is 1. The fourth-order valence-electron chi connectivity index (χ4n) is 2.24. The van der Waals surface area contributed by atoms with Crippen molar-refractivity contribution in [1.82, 2.24) is 10.6 Å². The summed E-state index contributed by atoms with van der Waals surface area (Å²) in [6.45, 7) is 3.34. The Morgan fingerprint density at radius 2 is 1.79 bits per heavy atom. The first kappa shape index (κ1) is 25.0. The van der Waals surface area contributed by atoms with Crippen LogP contribution in [0.3, 0.4) is 0 Å². The lowest BCUT2D eigenvalue weighted by atomic mass is 10.3. The number of amides is 1. The van der Waals surface area contributed by atoms with Gasteiger partial charge >= 0.3 is 0 Å². The number of carbonyl (C=O) groups excluding carboxylic acids is 1. The molecular weight excluding hydrogens is 506 g/mol. The summed E-state index contributed by atoms with van der Waals surface area (Å²) in [4.78, 5) is 17.3. The van der Waals surface area contributed by atoms with Crippen LogP contribution in [0.2, 0.25) is 0 Å². The van der Waals surface area contributed by atoms with E-state index in [9.17, 15) is 14.3 Å². The molecule has 0 aromatic heterocycles. The predicted molar refractivity (Wildman–Crippen MR) is 128 cm³/mol. The minimum atomic E-state index is -0.241. The number of halogens is 2. The van der Waals surface area contributed by atoms with Crippen LogP contribution in [0.25, 0.3) is 0 Å². The molecule has 0 aliphatic rings. The monoisotopic (exact) mass is 532 g/mol. The average molecular weight is 532 g/mol. The molecule has 0 spiro atoms. The smallest absolute Gasteiger partial charge is 0.246 e. The lowest BCUT2D eigenvalue weighted by Gasteiger charge is -2.11. The van der Waals surface area contributed by atoms with Gasteiger partial charge in [-0.25, -0.2) is 9.38 Å². The molecule has 4 N–H and O–H groups in total. The zero-order valence-corrected chi connectivity index (χ0v) is 19.3. The maximum atomic E-state index is 12.9. The fraction of sp³-hybridized carbons (Fsp3) is 0.300. The zero-order valence-electron chi connectivity index (χ0n) is 16.2. The first-order valence-electron chi connectivity index (χ1n) is 9.06. The van der Waals surface area contributed by atoms with Crippen LogP contribution in [0.15, 0.2) is 58.4 Å². The standard InChI is InChI=1S/C20H25FN4O2S.HI/c1-2-22-20(23-12-3-13-28-18-10-4-15(21)5-11-18)24-14-19(27)25-16-6-8-17(26)9-7-16;/h4-11,26H,2-3,12-14H2,1H3,(H,25,27)(H2,22,23,24);1H. The molecule has 6 nitrogen and oxygen atoms in total. The number of nitrogens with zero attached hydrogens (tertiary/aromatic N) is 1. The van der Waals surface area contributed by atoms with Gasteiger partial charge in [-0.15, -0.1) is 35.7 Å². The Kier molecular flexibility index (Phi) is 12.1. The molecule has 0 aliphatic carbocycles. The van der Waals surface area contributed by atoms with E-state index >= 15 is 0 Å². The second-order valence-corrected chi connectivity index (χ2v) is 7.04. The first-order valence-corrected chi connectivity index (χ1v) is 10.0. The van der Waals surface area contributed by atoms with Gasteiger partial charge in [0.05, 0.1) is 0 Å². The average Bonchev–Trinajstić information content (AvgIpc) is 2.69. The minimum Gasteiger partial charge on any atom is -0.508 e. The van der Waals surface area contributed by atoms with E-state index in [4.69, 9.17) is 0 Å². The van der Waals surface area contributed by atoms with E-state index in [0.717, 1.165) is 17.1 Å². The van der Waals surface area contributed by atoms with Crippen molar-refractivity contribution in [1.29, 1.82) is 0 Å². The summed E-state index contributed by atoms with van der Waals surface area (Å²) in [6.07, 6.45) is 0.895. The third-order valence-electron chi connectivity index (χ3n) is 3.57. The Morgan fingerprint density at radius 1 is 1.10 bits per heavy atom. The molecule has 9 heteroatoms. The van der Waals surface area contributed by atoms with Crippen LogP contribution < -0.4 is 16.0 Å². The molecule has 0 unspecified atom stereocenters. The third kappa shape index (κ3) is 10.4. The molecule has 0 atom stereocenters. The molecule has 0 bridgehead atoms. The zero-order chi connectivity index (χ0) is 20.2. The number of phenols is 1. The second-order valence-electron chi connectivity index (χ2n) is 5.87. The molecule has 2 rings (SSSR count). The molecule has 0 aliphatic heterocycles. The van der Waals surface area contributed by atoms with Crippen LogP contribution >= 0.6 is 35.7 Å². The summed E-state index contributed by atoms with van der Waals surface area (Å²) in [6, 6.07) is 12.7. The fourth-order valence-corrected chi connectivity index (χ4v) is 3.09. The molecule has 0 radical (unpaired) electrons. The third-order valence-corrected chi connectivity index (χ3v) is 4.67. The van der Waals surface area contributed by atoms with E-state index < -0.39 is 0 Å². The van der Waals surface area contributed by atoms with Crippen LogP contribution in [0.5, 0.6) is 5.75 Å². The lowest BCUT2D eigenvalue weighted by molar-refractivity contribution is -0.114. The first-order chi connectivity index (χ1) is 13.6. The Bertz CT molecular complexity index is 773. The van der Waals surface area contributed by atoms with Crippen molar-refractivity contribution in [2.24, 2.45) is 4.99 Å². The molecule has 0 fully saturated rings. The maximum Gasteiger partial charge on any atom is 0.246 e. The van der Waals surface area contributed by atoms with Crippen molar-refractivity contribution >= 4 is 53.3 Å². The highest BCUT2D eigenvalue weighted by Gasteiger charge is 2.03. The van der Waals surface area contributed by atoms with Gasteiger partial charge in [0, 0.05) is 23.7 Å². The predicted octanol–water partition coefficient (Wildman–Crippen LogP) is 3.83. The summed E-state index contributed by atoms with van der Waals surface area (Å²) < 4.78 is 12.9. The molecule has 0 saturated carbocycles.